The molecule has 4 rings (SSSR count). The van der Waals surface area contributed by atoms with Gasteiger partial charge in [-0.1, -0.05) is 0 Å². The number of amides is 1. The quantitative estimate of drug-likeness (QED) is 0.901. The van der Waals surface area contributed by atoms with Crippen molar-refractivity contribution in [3.8, 4) is 0 Å². The Kier molecular flexibility index (Phi) is 4.58. The van der Waals surface area contributed by atoms with Gasteiger partial charge >= 0.3 is 0 Å². The number of likely N-dealkylation sites (tertiary alicyclic amines) is 2. The molecular weight excluding hydrogens is 318 g/mol. The average Bonchev–Trinajstić information content (AvgIpc) is 3.35. The number of hydrogen-bond acceptors (Lipinski definition) is 5. The first-order valence-corrected chi connectivity index (χ1v) is 9.64. The highest BCUT2D eigenvalue weighted by Crippen LogP contribution is 2.46. The normalized spacial score (nSPS) is 27.0. The predicted molar refractivity (Wildman–Crippen MR) is 93.2 cm³/mol. The summed E-state index contributed by atoms with van der Waals surface area (Å²) in [5.74, 6) is 1.61. The number of hydrogen-bond donors (Lipinski definition) is 1. The van der Waals surface area contributed by atoms with E-state index in [2.05, 4.69) is 9.88 Å². The number of piperidine rings is 2. The van der Waals surface area contributed by atoms with Gasteiger partial charge in [0.2, 0.25) is 0 Å². The van der Waals surface area contributed by atoms with Crippen LogP contribution in [0.25, 0.3) is 0 Å². The molecule has 6 nitrogen and oxygen atoms in total. The minimum Gasteiger partial charge on any atom is -0.448 e. The molecule has 0 aromatic carbocycles. The fourth-order valence-electron chi connectivity index (χ4n) is 4.71. The van der Waals surface area contributed by atoms with E-state index < -0.39 is 0 Å². The molecule has 1 saturated carbocycles. The van der Waals surface area contributed by atoms with Crippen molar-refractivity contribution in [2.45, 2.75) is 39.0 Å². The van der Waals surface area contributed by atoms with Crippen LogP contribution in [0, 0.1) is 24.2 Å². The van der Waals surface area contributed by atoms with Gasteiger partial charge < -0.3 is 19.3 Å². The minimum absolute atomic E-state index is 0.0641. The van der Waals surface area contributed by atoms with E-state index in [1.165, 1.54) is 25.8 Å². The van der Waals surface area contributed by atoms with Crippen LogP contribution in [0.5, 0.6) is 0 Å². The van der Waals surface area contributed by atoms with Crippen molar-refractivity contribution in [1.29, 1.82) is 0 Å². The molecule has 3 aliphatic rings. The molecular formula is C19H29N3O3. The van der Waals surface area contributed by atoms with Crippen LogP contribution >= 0.6 is 0 Å². The molecule has 3 fully saturated rings. The van der Waals surface area contributed by atoms with E-state index >= 15 is 0 Å². The number of carbonyl (C=O) groups is 1. The molecule has 1 N–H and O–H groups in total. The summed E-state index contributed by atoms with van der Waals surface area (Å²) in [5, 5.41) is 10.0. The molecule has 1 amide bonds. The summed E-state index contributed by atoms with van der Waals surface area (Å²) >= 11 is 0. The first-order valence-electron chi connectivity index (χ1n) is 9.64. The second kappa shape index (κ2) is 6.72. The Morgan fingerprint density at radius 3 is 2.64 bits per heavy atom. The molecule has 2 aliphatic heterocycles. The third-order valence-electron chi connectivity index (χ3n) is 6.71. The molecule has 0 unspecified atom stereocenters. The number of rotatable bonds is 4. The van der Waals surface area contributed by atoms with Crippen LogP contribution in [0.15, 0.2) is 10.8 Å². The lowest BCUT2D eigenvalue weighted by Gasteiger charge is -2.51. The number of carbonyl (C=O) groups excluding carboxylic acids is 1. The third kappa shape index (κ3) is 3.34. The highest BCUT2D eigenvalue weighted by molar-refractivity contribution is 5.93. The van der Waals surface area contributed by atoms with Crippen molar-refractivity contribution in [3.05, 3.63) is 17.8 Å². The lowest BCUT2D eigenvalue weighted by atomic mass is 9.64. The van der Waals surface area contributed by atoms with Crippen molar-refractivity contribution in [2.75, 3.05) is 39.3 Å². The topological polar surface area (TPSA) is 69.8 Å². The van der Waals surface area contributed by atoms with E-state index in [9.17, 15) is 9.90 Å². The van der Waals surface area contributed by atoms with Gasteiger partial charge in [0, 0.05) is 32.2 Å². The van der Waals surface area contributed by atoms with Crippen LogP contribution in [-0.4, -0.2) is 65.1 Å². The highest BCUT2D eigenvalue weighted by Gasteiger charge is 2.46. The van der Waals surface area contributed by atoms with Crippen LogP contribution in [0.3, 0.4) is 0 Å². The molecule has 1 atom stereocenters. The molecule has 1 spiro atoms. The van der Waals surface area contributed by atoms with E-state index in [-0.39, 0.29) is 23.8 Å². The molecule has 138 valence electrons. The zero-order valence-electron chi connectivity index (χ0n) is 15.1. The van der Waals surface area contributed by atoms with Crippen molar-refractivity contribution >= 4 is 5.91 Å². The van der Waals surface area contributed by atoms with Crippen LogP contribution in [0.4, 0.5) is 0 Å². The Morgan fingerprint density at radius 1 is 1.32 bits per heavy atom. The lowest BCUT2D eigenvalue weighted by Crippen LogP contribution is -2.54. The van der Waals surface area contributed by atoms with Gasteiger partial charge in [0.1, 0.15) is 5.76 Å². The zero-order chi connectivity index (χ0) is 17.4. The first kappa shape index (κ1) is 17.0. The Balaban J connectivity index is 1.40. The van der Waals surface area contributed by atoms with Crippen LogP contribution in [0.1, 0.15) is 48.4 Å². The monoisotopic (exact) mass is 347 g/mol. The minimum atomic E-state index is -0.0641. The second-order valence-corrected chi connectivity index (χ2v) is 8.24. The maximum Gasteiger partial charge on any atom is 0.276 e. The van der Waals surface area contributed by atoms with Crippen molar-refractivity contribution in [3.63, 3.8) is 0 Å². The highest BCUT2D eigenvalue weighted by atomic mass is 16.3. The molecule has 0 bridgehead atoms. The smallest absolute Gasteiger partial charge is 0.276 e. The summed E-state index contributed by atoms with van der Waals surface area (Å²) < 4.78 is 5.17. The predicted octanol–water partition coefficient (Wildman–Crippen LogP) is 1.93. The van der Waals surface area contributed by atoms with Crippen molar-refractivity contribution in [2.24, 2.45) is 17.3 Å². The summed E-state index contributed by atoms with van der Waals surface area (Å²) in [7, 11) is 0. The Labute approximate surface area is 149 Å². The molecule has 25 heavy (non-hydrogen) atoms. The van der Waals surface area contributed by atoms with Crippen molar-refractivity contribution < 1.29 is 14.3 Å². The maximum atomic E-state index is 12.7. The van der Waals surface area contributed by atoms with E-state index in [0.717, 1.165) is 44.8 Å². The van der Waals surface area contributed by atoms with E-state index in [4.69, 9.17) is 4.42 Å². The fraction of sp³-hybridized carbons (Fsp3) is 0.789. The average molecular weight is 347 g/mol. The summed E-state index contributed by atoms with van der Waals surface area (Å²) in [5.41, 5.74) is 0.608. The van der Waals surface area contributed by atoms with E-state index in [1.807, 2.05) is 4.90 Å². The largest absolute Gasteiger partial charge is 0.448 e. The van der Waals surface area contributed by atoms with Crippen molar-refractivity contribution in [1.82, 2.24) is 14.8 Å². The van der Waals surface area contributed by atoms with E-state index in [1.54, 1.807) is 6.92 Å². The Bertz CT molecular complexity index is 617. The molecule has 3 heterocycles. The van der Waals surface area contributed by atoms with Gasteiger partial charge in [-0.05, 0) is 63.5 Å². The summed E-state index contributed by atoms with van der Waals surface area (Å²) in [4.78, 5) is 21.2. The molecule has 1 aromatic rings. The van der Waals surface area contributed by atoms with Gasteiger partial charge in [0.05, 0.1) is 0 Å². The summed E-state index contributed by atoms with van der Waals surface area (Å²) in [6.45, 7) is 6.85. The van der Waals surface area contributed by atoms with Crippen LogP contribution in [0.2, 0.25) is 0 Å². The van der Waals surface area contributed by atoms with Gasteiger partial charge in [0.15, 0.2) is 12.1 Å². The zero-order valence-corrected chi connectivity index (χ0v) is 15.1. The summed E-state index contributed by atoms with van der Waals surface area (Å²) in [6.07, 6.45) is 7.41. The first-order chi connectivity index (χ1) is 12.1. The van der Waals surface area contributed by atoms with Gasteiger partial charge in [-0.25, -0.2) is 4.98 Å². The Hall–Kier alpha value is -1.40. The van der Waals surface area contributed by atoms with Crippen LogP contribution < -0.4 is 0 Å². The van der Waals surface area contributed by atoms with Gasteiger partial charge in [0.25, 0.3) is 5.91 Å². The van der Waals surface area contributed by atoms with E-state index in [0.29, 0.717) is 18.0 Å². The number of nitrogens with zero attached hydrogens (tertiary/aromatic N) is 3. The number of oxazole rings is 1. The fourth-order valence-corrected chi connectivity index (χ4v) is 4.71. The number of aryl methyl sites for hydroxylation is 1. The SMILES string of the molecule is Cc1ocnc1C(=O)N1CCC2(CCN(CC3CC3)CC2)[C@@H](CO)C1. The molecule has 1 aliphatic carbocycles. The maximum absolute atomic E-state index is 12.7. The lowest BCUT2D eigenvalue weighted by molar-refractivity contribution is -0.0359. The molecule has 6 heteroatoms. The molecule has 0 radical (unpaired) electrons. The molecule has 2 saturated heterocycles. The second-order valence-electron chi connectivity index (χ2n) is 8.24. The number of aliphatic hydroxyl groups is 1. The third-order valence-corrected chi connectivity index (χ3v) is 6.71. The Morgan fingerprint density at radius 2 is 2.04 bits per heavy atom. The van der Waals surface area contributed by atoms with Gasteiger partial charge in [-0.15, -0.1) is 0 Å². The van der Waals surface area contributed by atoms with Gasteiger partial charge in [-0.2, -0.15) is 0 Å². The summed E-state index contributed by atoms with van der Waals surface area (Å²) in [6, 6.07) is 0. The number of aliphatic hydroxyl groups excluding tert-OH is 1. The standard InChI is InChI=1S/C19H29N3O3/c1-14-17(20-13-25-14)18(24)22-9-6-19(16(11-22)12-23)4-7-21(8-5-19)10-15-2-3-15/h13,15-16,23H,2-12H2,1H3/t16-/m1/s1. The number of aromatic nitrogens is 1. The van der Waals surface area contributed by atoms with Crippen LogP contribution in [-0.2, 0) is 0 Å². The molecule has 1 aromatic heterocycles. The van der Waals surface area contributed by atoms with Gasteiger partial charge in [-0.3, -0.25) is 4.79 Å².